The van der Waals surface area contributed by atoms with Gasteiger partial charge in [0, 0.05) is 9.75 Å². The van der Waals surface area contributed by atoms with Crippen molar-refractivity contribution in [2.24, 2.45) is 0 Å². The van der Waals surface area contributed by atoms with Gasteiger partial charge >= 0.3 is 0 Å². The molecule has 4 aromatic rings. The first-order chi connectivity index (χ1) is 20.9. The fourth-order valence-electron chi connectivity index (χ4n) is 5.18. The van der Waals surface area contributed by atoms with Crippen LogP contribution < -0.4 is 14.2 Å². The SMILES string of the molecule is COc1cc(C=C(C#N)C#N)sc1-c1nc2c(s1)-c1sc(-c3sc(C=C(C#N)C#N)cc3OC)nc1C1(CCCCC1)O2. The van der Waals surface area contributed by atoms with Crippen LogP contribution >= 0.6 is 45.3 Å². The summed E-state index contributed by atoms with van der Waals surface area (Å²) in [5, 5.41) is 38.4. The summed E-state index contributed by atoms with van der Waals surface area (Å²) in [5.41, 5.74) is 0.360. The monoisotopic (exact) mass is 640 g/mol. The van der Waals surface area contributed by atoms with Crippen molar-refractivity contribution in [3.05, 3.63) is 38.7 Å². The maximum absolute atomic E-state index is 9.23. The Labute approximate surface area is 263 Å². The summed E-state index contributed by atoms with van der Waals surface area (Å²) in [5.74, 6) is 1.80. The molecule has 2 aliphatic rings. The minimum absolute atomic E-state index is 0.0115. The number of ether oxygens (including phenoxy) is 3. The van der Waals surface area contributed by atoms with Crippen LogP contribution in [0, 0.1) is 45.3 Å². The molecule has 13 heteroatoms. The maximum atomic E-state index is 9.23. The number of hydrogen-bond acceptors (Lipinski definition) is 13. The molecule has 1 saturated carbocycles. The second-order valence-electron chi connectivity index (χ2n) is 9.66. The van der Waals surface area contributed by atoms with E-state index in [9.17, 15) is 21.0 Å². The van der Waals surface area contributed by atoms with E-state index in [1.165, 1.54) is 34.0 Å². The van der Waals surface area contributed by atoms with Gasteiger partial charge in [0.05, 0.1) is 19.1 Å². The fourth-order valence-corrected chi connectivity index (χ4v) is 9.75. The van der Waals surface area contributed by atoms with Gasteiger partial charge < -0.3 is 14.2 Å². The van der Waals surface area contributed by atoms with Crippen LogP contribution in [-0.2, 0) is 5.60 Å². The Hall–Kier alpha value is -4.50. The van der Waals surface area contributed by atoms with Gasteiger partial charge in [-0.25, -0.2) is 9.97 Å². The minimum Gasteiger partial charge on any atom is -0.495 e. The highest BCUT2D eigenvalue weighted by atomic mass is 32.1. The molecular formula is C30H20N6O3S4. The number of rotatable bonds is 6. The molecule has 5 heterocycles. The maximum Gasteiger partial charge on any atom is 0.235 e. The van der Waals surface area contributed by atoms with Crippen LogP contribution in [0.4, 0.5) is 0 Å². The van der Waals surface area contributed by atoms with E-state index in [1.54, 1.807) is 43.8 Å². The Balaban J connectivity index is 1.48. The van der Waals surface area contributed by atoms with E-state index in [-0.39, 0.29) is 11.1 Å². The largest absolute Gasteiger partial charge is 0.495 e. The summed E-state index contributed by atoms with van der Waals surface area (Å²) in [6.45, 7) is 0. The van der Waals surface area contributed by atoms with Gasteiger partial charge in [0.15, 0.2) is 5.60 Å². The van der Waals surface area contributed by atoms with Gasteiger partial charge in [0.2, 0.25) is 5.88 Å². The third kappa shape index (κ3) is 5.07. The molecule has 0 atom stereocenters. The van der Waals surface area contributed by atoms with E-state index < -0.39 is 5.60 Å². The predicted octanol–water partition coefficient (Wildman–Crippen LogP) is 8.15. The average molecular weight is 641 g/mol. The van der Waals surface area contributed by atoms with Crippen molar-refractivity contribution in [1.82, 2.24) is 9.97 Å². The Morgan fingerprint density at radius 3 is 1.77 bits per heavy atom. The lowest BCUT2D eigenvalue weighted by atomic mass is 9.80. The Morgan fingerprint density at radius 1 is 0.744 bits per heavy atom. The van der Waals surface area contributed by atoms with Crippen molar-refractivity contribution in [2.45, 2.75) is 37.7 Å². The predicted molar refractivity (Wildman–Crippen MR) is 167 cm³/mol. The molecule has 9 nitrogen and oxygen atoms in total. The molecule has 0 aromatic carbocycles. The van der Waals surface area contributed by atoms with Crippen molar-refractivity contribution in [1.29, 1.82) is 21.0 Å². The zero-order valence-corrected chi connectivity index (χ0v) is 26.2. The molecule has 4 aromatic heterocycles. The topological polar surface area (TPSA) is 149 Å². The standard InChI is InChI=1S/C30H20N6O3S4/c1-37-20-10-18(8-16(12-31)13-32)40-22(20)28-35-26-24(42-28)25-27(39-30(26)6-4-3-5-7-30)36-29(43-25)23-21(38-2)11-19(41-23)9-17(14-33)15-34/h8-11H,3-7H2,1-2H3. The smallest absolute Gasteiger partial charge is 0.235 e. The second kappa shape index (κ2) is 11.6. The number of hydrogen-bond donors (Lipinski definition) is 0. The number of fused-ring (bicyclic) bond motifs is 4. The number of thiazole rings is 2. The van der Waals surface area contributed by atoms with E-state index in [2.05, 4.69) is 0 Å². The van der Waals surface area contributed by atoms with E-state index in [0.29, 0.717) is 22.3 Å². The van der Waals surface area contributed by atoms with Crippen LogP contribution in [0.3, 0.4) is 0 Å². The van der Waals surface area contributed by atoms with Crippen molar-refractivity contribution < 1.29 is 14.2 Å². The first-order valence-electron chi connectivity index (χ1n) is 13.1. The lowest BCUT2D eigenvalue weighted by molar-refractivity contribution is 0.0170. The quantitative estimate of drug-likeness (QED) is 0.190. The lowest BCUT2D eigenvalue weighted by Gasteiger charge is -2.38. The van der Waals surface area contributed by atoms with E-state index >= 15 is 0 Å². The minimum atomic E-state index is -0.579. The first kappa shape index (κ1) is 28.6. The number of aromatic nitrogens is 2. The van der Waals surface area contributed by atoms with Gasteiger partial charge in [-0.1, -0.05) is 6.42 Å². The van der Waals surface area contributed by atoms with Crippen LogP contribution in [0.15, 0.2) is 23.3 Å². The number of allylic oxidation sites excluding steroid dienone is 2. The summed E-state index contributed by atoms with van der Waals surface area (Å²) in [6, 6.07) is 11.2. The van der Waals surface area contributed by atoms with Crippen LogP contribution in [0.1, 0.15) is 47.6 Å². The Kier molecular flexibility index (Phi) is 7.75. The molecule has 6 rings (SSSR count). The van der Waals surface area contributed by atoms with Gasteiger partial charge in [-0.05, 0) is 50.0 Å². The Morgan fingerprint density at radius 2 is 1.26 bits per heavy atom. The van der Waals surface area contributed by atoms with Crippen molar-refractivity contribution in [2.75, 3.05) is 14.2 Å². The zero-order chi connectivity index (χ0) is 30.1. The molecule has 1 spiro atoms. The second-order valence-corrected chi connectivity index (χ2v) is 13.8. The van der Waals surface area contributed by atoms with Crippen molar-refractivity contribution in [3.8, 4) is 71.2 Å². The third-order valence-corrected chi connectivity index (χ3v) is 11.8. The molecule has 43 heavy (non-hydrogen) atoms. The van der Waals surface area contributed by atoms with Crippen LogP contribution in [0.25, 0.3) is 41.7 Å². The van der Waals surface area contributed by atoms with Crippen LogP contribution in [0.5, 0.6) is 17.4 Å². The number of nitrogens with zero attached hydrogens (tertiary/aromatic N) is 6. The van der Waals surface area contributed by atoms with E-state index in [1.807, 2.05) is 30.3 Å². The molecule has 0 radical (unpaired) electrons. The number of nitriles is 4. The third-order valence-electron chi connectivity index (χ3n) is 7.13. The zero-order valence-electron chi connectivity index (χ0n) is 22.9. The van der Waals surface area contributed by atoms with Crippen LogP contribution in [-0.4, -0.2) is 24.2 Å². The van der Waals surface area contributed by atoms with Gasteiger partial charge in [-0.3, -0.25) is 0 Å². The van der Waals surface area contributed by atoms with Gasteiger partial charge in [0.25, 0.3) is 0 Å². The molecule has 212 valence electrons. The normalized spacial score (nSPS) is 14.1. The molecular weight excluding hydrogens is 621 g/mol. The summed E-state index contributed by atoms with van der Waals surface area (Å²) in [4.78, 5) is 15.1. The molecule has 0 bridgehead atoms. The van der Waals surface area contributed by atoms with E-state index in [0.717, 1.165) is 72.2 Å². The average Bonchev–Trinajstić information content (AvgIpc) is 3.83. The van der Waals surface area contributed by atoms with Gasteiger partial charge in [-0.2, -0.15) is 21.0 Å². The molecule has 0 unspecified atom stereocenters. The lowest BCUT2D eigenvalue weighted by Crippen LogP contribution is -2.38. The summed E-state index contributed by atoms with van der Waals surface area (Å²) in [6.07, 6.45) is 7.95. The summed E-state index contributed by atoms with van der Waals surface area (Å²) in [7, 11) is 3.17. The van der Waals surface area contributed by atoms with Gasteiger partial charge in [-0.15, -0.1) is 45.3 Å². The molecule has 0 amide bonds. The van der Waals surface area contributed by atoms with Crippen molar-refractivity contribution >= 4 is 57.5 Å². The molecule has 1 fully saturated rings. The molecule has 1 aliphatic heterocycles. The highest BCUT2D eigenvalue weighted by Crippen LogP contribution is 2.58. The summed E-state index contributed by atoms with van der Waals surface area (Å²) < 4.78 is 18.1. The fraction of sp³-hybridized carbons (Fsp3) is 0.267. The highest BCUT2D eigenvalue weighted by molar-refractivity contribution is 7.28. The van der Waals surface area contributed by atoms with E-state index in [4.69, 9.17) is 24.2 Å². The molecule has 1 aliphatic carbocycles. The Bertz CT molecular complexity index is 1940. The highest BCUT2D eigenvalue weighted by Gasteiger charge is 2.46. The van der Waals surface area contributed by atoms with Crippen molar-refractivity contribution in [3.63, 3.8) is 0 Å². The number of methoxy groups -OCH3 is 2. The molecule has 0 N–H and O–H groups in total. The first-order valence-corrected chi connectivity index (χ1v) is 16.3. The van der Waals surface area contributed by atoms with Crippen LogP contribution in [0.2, 0.25) is 0 Å². The number of thiophene rings is 2. The van der Waals surface area contributed by atoms with Gasteiger partial charge in [0.1, 0.15) is 77.3 Å². The summed E-state index contributed by atoms with van der Waals surface area (Å²) >= 11 is 5.87. The molecule has 0 saturated heterocycles.